The lowest BCUT2D eigenvalue weighted by molar-refractivity contribution is -0.168. The molecule has 0 radical (unpaired) electrons. The van der Waals surface area contributed by atoms with Crippen molar-refractivity contribution in [2.75, 3.05) is 19.6 Å². The Bertz CT molecular complexity index is 776. The van der Waals surface area contributed by atoms with Gasteiger partial charge in [0.2, 0.25) is 0 Å². The molecule has 2 atom stereocenters. The van der Waals surface area contributed by atoms with E-state index >= 15 is 0 Å². The first-order valence-electron chi connectivity index (χ1n) is 13.0. The lowest BCUT2D eigenvalue weighted by Crippen LogP contribution is -2.53. The maximum atomic E-state index is 12.8. The van der Waals surface area contributed by atoms with Gasteiger partial charge in [-0.25, -0.2) is 8.78 Å². The summed E-state index contributed by atoms with van der Waals surface area (Å²) in [5, 5.41) is 3.57. The van der Waals surface area contributed by atoms with E-state index in [2.05, 4.69) is 42.3 Å². The first kappa shape index (κ1) is 31.2. The van der Waals surface area contributed by atoms with Gasteiger partial charge in [0.1, 0.15) is 11.1 Å². The number of carbonyl (C=O) groups excluding carboxylic acids is 1. The molecule has 0 fully saturated rings. The summed E-state index contributed by atoms with van der Waals surface area (Å²) in [7, 11) is 0. The van der Waals surface area contributed by atoms with Crippen molar-refractivity contribution in [2.45, 2.75) is 105 Å². The number of hydrogen-bond acceptors (Lipinski definition) is 4. The van der Waals surface area contributed by atoms with Crippen LogP contribution in [0.5, 0.6) is 0 Å². The van der Waals surface area contributed by atoms with E-state index in [4.69, 9.17) is 4.74 Å². The summed E-state index contributed by atoms with van der Waals surface area (Å²) in [5.74, 6) is -0.0266. The lowest BCUT2D eigenvalue weighted by Gasteiger charge is -2.38. The number of alkyl halides is 2. The first-order chi connectivity index (χ1) is 16.3. The fraction of sp³-hybridized carbons (Fsp3) is 0.690. The Hall–Kier alpha value is -1.79. The van der Waals surface area contributed by atoms with Crippen LogP contribution in [0.2, 0.25) is 0 Å². The number of ether oxygens (including phenoxy) is 1. The average molecular weight is 495 g/mol. The second-order valence-electron chi connectivity index (χ2n) is 10.9. The molecule has 0 bridgehead atoms. The zero-order valence-corrected chi connectivity index (χ0v) is 23.2. The number of rotatable bonds is 14. The normalized spacial score (nSPS) is 18.5. The number of esters is 1. The van der Waals surface area contributed by atoms with Crippen molar-refractivity contribution >= 4 is 5.97 Å². The molecule has 0 amide bonds. The van der Waals surface area contributed by atoms with Crippen molar-refractivity contribution in [3.8, 4) is 0 Å². The van der Waals surface area contributed by atoms with Crippen molar-refractivity contribution in [3.63, 3.8) is 0 Å². The van der Waals surface area contributed by atoms with Crippen molar-refractivity contribution in [2.24, 2.45) is 5.92 Å². The summed E-state index contributed by atoms with van der Waals surface area (Å²) in [5.41, 5.74) is 0.0949. The highest BCUT2D eigenvalue weighted by Crippen LogP contribution is 2.27. The van der Waals surface area contributed by atoms with E-state index in [1.165, 1.54) is 0 Å². The van der Waals surface area contributed by atoms with Gasteiger partial charge in [-0.3, -0.25) is 9.69 Å². The van der Waals surface area contributed by atoms with E-state index in [1.54, 1.807) is 12.2 Å². The van der Waals surface area contributed by atoms with Gasteiger partial charge < -0.3 is 10.1 Å². The Morgan fingerprint density at radius 2 is 1.94 bits per heavy atom. The van der Waals surface area contributed by atoms with Crippen molar-refractivity contribution < 1.29 is 18.3 Å². The Balaban J connectivity index is 2.48. The van der Waals surface area contributed by atoms with Crippen LogP contribution in [0.1, 0.15) is 81.1 Å². The summed E-state index contributed by atoms with van der Waals surface area (Å²) >= 11 is 0. The molecule has 0 aromatic heterocycles. The highest BCUT2D eigenvalue weighted by Gasteiger charge is 2.37. The van der Waals surface area contributed by atoms with Crippen LogP contribution in [0.4, 0.5) is 8.78 Å². The fourth-order valence-corrected chi connectivity index (χ4v) is 4.04. The second-order valence-corrected chi connectivity index (χ2v) is 10.9. The van der Waals surface area contributed by atoms with Crippen LogP contribution in [-0.4, -0.2) is 54.1 Å². The van der Waals surface area contributed by atoms with Crippen molar-refractivity contribution in [1.29, 1.82) is 0 Å². The third kappa shape index (κ3) is 11.2. The smallest absolute Gasteiger partial charge is 0.326 e. The van der Waals surface area contributed by atoms with Crippen LogP contribution in [0.3, 0.4) is 0 Å². The van der Waals surface area contributed by atoms with Crippen LogP contribution in [0.15, 0.2) is 47.6 Å². The number of hydrogen-bond donors (Lipinski definition) is 1. The van der Waals surface area contributed by atoms with Gasteiger partial charge in [-0.05, 0) is 92.8 Å². The summed E-state index contributed by atoms with van der Waals surface area (Å²) < 4.78 is 31.3. The van der Waals surface area contributed by atoms with E-state index in [9.17, 15) is 13.6 Å². The zero-order chi connectivity index (χ0) is 26.6. The molecular formula is C29H48F2N2O2. The number of nitrogens with one attached hydrogen (secondary N) is 1. The summed E-state index contributed by atoms with van der Waals surface area (Å²) in [6, 6.07) is 0.317. The Labute approximate surface area is 212 Å². The van der Waals surface area contributed by atoms with E-state index in [1.807, 2.05) is 47.6 Å². The van der Waals surface area contributed by atoms with Gasteiger partial charge in [-0.2, -0.15) is 0 Å². The van der Waals surface area contributed by atoms with Gasteiger partial charge in [0.25, 0.3) is 6.43 Å². The van der Waals surface area contributed by atoms with Gasteiger partial charge in [0.15, 0.2) is 0 Å². The molecule has 1 rings (SSSR count). The van der Waals surface area contributed by atoms with Crippen LogP contribution < -0.4 is 5.32 Å². The minimum absolute atomic E-state index is 0.117. The van der Waals surface area contributed by atoms with E-state index in [0.717, 1.165) is 44.5 Å². The predicted molar refractivity (Wildman–Crippen MR) is 143 cm³/mol. The third-order valence-corrected chi connectivity index (χ3v) is 6.27. The monoisotopic (exact) mass is 494 g/mol. The SMILES string of the molecule is C/C=C(\C=C/CCNC(C)CCN(CCC)C(C)(C)C(=O)OC(C)(C)C)C1C=CC(C(F)F)=CC1. The Kier molecular flexibility index (Phi) is 13.1. The van der Waals surface area contributed by atoms with Gasteiger partial charge in [0, 0.05) is 24.1 Å². The maximum Gasteiger partial charge on any atom is 0.326 e. The molecule has 0 heterocycles. The minimum Gasteiger partial charge on any atom is -0.459 e. The molecule has 0 aromatic rings. The number of nitrogens with zero attached hydrogens (tertiary/aromatic N) is 1. The molecule has 1 aliphatic carbocycles. The van der Waals surface area contributed by atoms with Gasteiger partial charge in [-0.1, -0.05) is 43.4 Å². The first-order valence-corrected chi connectivity index (χ1v) is 13.0. The van der Waals surface area contributed by atoms with Gasteiger partial charge >= 0.3 is 5.97 Å². The van der Waals surface area contributed by atoms with Crippen molar-refractivity contribution in [1.82, 2.24) is 10.2 Å². The Morgan fingerprint density at radius 3 is 2.46 bits per heavy atom. The summed E-state index contributed by atoms with van der Waals surface area (Å²) in [6.07, 6.45) is 12.4. The highest BCUT2D eigenvalue weighted by molar-refractivity contribution is 5.80. The maximum absolute atomic E-state index is 12.8. The number of halogens is 2. The highest BCUT2D eigenvalue weighted by atomic mass is 19.3. The molecule has 0 saturated carbocycles. The van der Waals surface area contributed by atoms with Crippen LogP contribution in [-0.2, 0) is 9.53 Å². The molecule has 1 aliphatic rings. The fourth-order valence-electron chi connectivity index (χ4n) is 4.04. The largest absolute Gasteiger partial charge is 0.459 e. The second kappa shape index (κ2) is 14.7. The lowest BCUT2D eigenvalue weighted by atomic mass is 9.89. The van der Waals surface area contributed by atoms with Gasteiger partial charge in [-0.15, -0.1) is 0 Å². The molecule has 35 heavy (non-hydrogen) atoms. The molecule has 0 saturated heterocycles. The van der Waals surface area contributed by atoms with Gasteiger partial charge in [0.05, 0.1) is 0 Å². The molecule has 6 heteroatoms. The van der Waals surface area contributed by atoms with E-state index in [-0.39, 0.29) is 17.5 Å². The number of carbonyl (C=O) groups is 1. The summed E-state index contributed by atoms with van der Waals surface area (Å²) in [6.45, 7) is 18.4. The van der Waals surface area contributed by atoms with Crippen LogP contribution in [0.25, 0.3) is 0 Å². The van der Waals surface area contributed by atoms with E-state index < -0.39 is 17.6 Å². The molecule has 2 unspecified atom stereocenters. The topological polar surface area (TPSA) is 41.6 Å². The summed E-state index contributed by atoms with van der Waals surface area (Å²) in [4.78, 5) is 15.0. The van der Waals surface area contributed by atoms with Crippen LogP contribution in [0, 0.1) is 5.92 Å². The molecule has 0 aromatic carbocycles. The standard InChI is InChI=1S/C29H48F2N2O2/c1-9-20-33(29(7,8)27(34)35-28(4,5)6)21-18-22(3)32-19-12-11-13-23(10-2)24-14-16-25(17-15-24)26(30)31/h10-11,13-14,16-17,22,24,26,32H,9,12,15,18-21H2,1-8H3/b13-11-,23-10+. The third-order valence-electron chi connectivity index (χ3n) is 6.27. The minimum atomic E-state index is -2.40. The molecule has 0 aliphatic heterocycles. The predicted octanol–water partition coefficient (Wildman–Crippen LogP) is 6.85. The number of allylic oxidation sites excluding steroid dienone is 7. The van der Waals surface area contributed by atoms with Crippen LogP contribution >= 0.6 is 0 Å². The quantitative estimate of drug-likeness (QED) is 0.163. The Morgan fingerprint density at radius 1 is 1.26 bits per heavy atom. The molecule has 1 N–H and O–H groups in total. The molecular weight excluding hydrogens is 446 g/mol. The average Bonchev–Trinajstić information content (AvgIpc) is 2.77. The molecule has 0 spiro atoms. The zero-order valence-electron chi connectivity index (χ0n) is 23.2. The van der Waals surface area contributed by atoms with E-state index in [0.29, 0.717) is 12.5 Å². The molecule has 4 nitrogen and oxygen atoms in total. The van der Waals surface area contributed by atoms with Crippen molar-refractivity contribution in [3.05, 3.63) is 47.6 Å². The molecule has 200 valence electrons.